The van der Waals surface area contributed by atoms with Crippen molar-refractivity contribution in [2.45, 2.75) is 23.8 Å². The smallest absolute Gasteiger partial charge is 0.150 e. The average molecular weight is 246 g/mol. The second-order valence-electron chi connectivity index (χ2n) is 3.99. The second kappa shape index (κ2) is 4.75. The normalized spacial score (nSPS) is 10.5. The summed E-state index contributed by atoms with van der Waals surface area (Å²) in [6.45, 7) is 3.92. The molecule has 0 N–H and O–H groups in total. The molecular weight excluding hydrogens is 232 g/mol. The zero-order valence-electron chi connectivity index (χ0n) is 10.1. The Morgan fingerprint density at radius 3 is 2.59 bits per heavy atom. The van der Waals surface area contributed by atoms with E-state index in [4.69, 9.17) is 0 Å². The van der Waals surface area contributed by atoms with Crippen LogP contribution < -0.4 is 0 Å². The molecule has 0 amide bonds. The lowest BCUT2D eigenvalue weighted by Gasteiger charge is -2.04. The molecule has 0 atom stereocenters. The Kier molecular flexibility index (Phi) is 3.33. The van der Waals surface area contributed by atoms with E-state index in [2.05, 4.69) is 5.10 Å². The summed E-state index contributed by atoms with van der Waals surface area (Å²) in [6, 6.07) is 7.89. The number of benzene rings is 1. The first-order valence-electron chi connectivity index (χ1n) is 5.34. The van der Waals surface area contributed by atoms with Crippen LogP contribution in [0.4, 0.5) is 0 Å². The molecule has 0 saturated carbocycles. The van der Waals surface area contributed by atoms with E-state index in [1.165, 1.54) is 0 Å². The van der Waals surface area contributed by atoms with Gasteiger partial charge >= 0.3 is 0 Å². The predicted octanol–water partition coefficient (Wildman–Crippen LogP) is 3.00. The highest BCUT2D eigenvalue weighted by Gasteiger charge is 2.05. The summed E-state index contributed by atoms with van der Waals surface area (Å²) in [6.07, 6.45) is 0.887. The Labute approximate surface area is 105 Å². The molecule has 0 fully saturated rings. The third kappa shape index (κ3) is 2.58. The monoisotopic (exact) mass is 246 g/mol. The molecule has 0 aliphatic rings. The molecule has 0 bridgehead atoms. The molecule has 1 heterocycles. The zero-order chi connectivity index (χ0) is 12.4. The van der Waals surface area contributed by atoms with Crippen molar-refractivity contribution in [1.29, 1.82) is 0 Å². The standard InChI is InChI=1S/C13H14N2OS/c1-9-6-12(5-4-11(9)8-16)17-13-7-10(2)14-15(13)3/h4-8H,1-3H3. The largest absolute Gasteiger partial charge is 0.298 e. The predicted molar refractivity (Wildman–Crippen MR) is 68.6 cm³/mol. The van der Waals surface area contributed by atoms with E-state index in [0.717, 1.165) is 33.0 Å². The highest BCUT2D eigenvalue weighted by molar-refractivity contribution is 7.99. The molecule has 4 heteroatoms. The van der Waals surface area contributed by atoms with Gasteiger partial charge in [0.2, 0.25) is 0 Å². The maximum Gasteiger partial charge on any atom is 0.150 e. The van der Waals surface area contributed by atoms with E-state index in [-0.39, 0.29) is 0 Å². The van der Waals surface area contributed by atoms with Gasteiger partial charge in [-0.1, -0.05) is 17.8 Å². The summed E-state index contributed by atoms with van der Waals surface area (Å²) < 4.78 is 1.86. The van der Waals surface area contributed by atoms with Crippen molar-refractivity contribution in [2.24, 2.45) is 7.05 Å². The lowest BCUT2D eigenvalue weighted by Crippen LogP contribution is -1.92. The van der Waals surface area contributed by atoms with Gasteiger partial charge in [-0.3, -0.25) is 9.48 Å². The van der Waals surface area contributed by atoms with Gasteiger partial charge in [0.25, 0.3) is 0 Å². The van der Waals surface area contributed by atoms with Gasteiger partial charge in [0.05, 0.1) is 10.7 Å². The SMILES string of the molecule is Cc1cc(Sc2ccc(C=O)c(C)c2)n(C)n1. The van der Waals surface area contributed by atoms with Crippen LogP contribution in [0.15, 0.2) is 34.2 Å². The molecular formula is C13H14N2OS. The number of hydrogen-bond acceptors (Lipinski definition) is 3. The van der Waals surface area contributed by atoms with Crippen LogP contribution in [0.3, 0.4) is 0 Å². The molecule has 0 aliphatic heterocycles. The van der Waals surface area contributed by atoms with Gasteiger partial charge in [-0.05, 0) is 37.6 Å². The quantitative estimate of drug-likeness (QED) is 0.781. The molecule has 0 unspecified atom stereocenters. The fraction of sp³-hybridized carbons (Fsp3) is 0.231. The lowest BCUT2D eigenvalue weighted by molar-refractivity contribution is 0.112. The van der Waals surface area contributed by atoms with Crippen LogP contribution in [0, 0.1) is 13.8 Å². The molecule has 1 aromatic heterocycles. The van der Waals surface area contributed by atoms with Gasteiger partial charge in [0.1, 0.15) is 6.29 Å². The van der Waals surface area contributed by atoms with Crippen LogP contribution in [-0.4, -0.2) is 16.1 Å². The molecule has 3 nitrogen and oxygen atoms in total. The van der Waals surface area contributed by atoms with Crippen molar-refractivity contribution in [2.75, 3.05) is 0 Å². The van der Waals surface area contributed by atoms with Gasteiger partial charge in [0, 0.05) is 17.5 Å². The molecule has 0 saturated heterocycles. The number of nitrogens with zero attached hydrogens (tertiary/aromatic N) is 2. The van der Waals surface area contributed by atoms with E-state index in [1.54, 1.807) is 11.8 Å². The molecule has 17 heavy (non-hydrogen) atoms. The first-order valence-corrected chi connectivity index (χ1v) is 6.16. The molecule has 2 rings (SSSR count). The molecule has 88 valence electrons. The van der Waals surface area contributed by atoms with Crippen LogP contribution in [0.25, 0.3) is 0 Å². The number of hydrogen-bond donors (Lipinski definition) is 0. The summed E-state index contributed by atoms with van der Waals surface area (Å²) in [5.41, 5.74) is 2.76. The first-order chi connectivity index (χ1) is 8.10. The molecule has 0 aliphatic carbocycles. The first kappa shape index (κ1) is 11.9. The molecule has 2 aromatic rings. The molecule has 0 radical (unpaired) electrons. The van der Waals surface area contributed by atoms with Crippen molar-refractivity contribution < 1.29 is 4.79 Å². The van der Waals surface area contributed by atoms with Gasteiger partial charge < -0.3 is 0 Å². The molecule has 1 aromatic carbocycles. The van der Waals surface area contributed by atoms with E-state index in [0.29, 0.717) is 0 Å². The van der Waals surface area contributed by atoms with Gasteiger partial charge in [-0.2, -0.15) is 5.10 Å². The Bertz CT molecular complexity index is 561. The van der Waals surface area contributed by atoms with Crippen molar-refractivity contribution in [1.82, 2.24) is 9.78 Å². The number of aromatic nitrogens is 2. The third-order valence-corrected chi connectivity index (χ3v) is 3.63. The molecule has 0 spiro atoms. The van der Waals surface area contributed by atoms with E-state index >= 15 is 0 Å². The van der Waals surface area contributed by atoms with Gasteiger partial charge in [-0.15, -0.1) is 0 Å². The summed E-state index contributed by atoms with van der Waals surface area (Å²) in [5.74, 6) is 0. The van der Waals surface area contributed by atoms with E-state index < -0.39 is 0 Å². The summed E-state index contributed by atoms with van der Waals surface area (Å²) in [5, 5.41) is 5.40. The van der Waals surface area contributed by atoms with Crippen molar-refractivity contribution >= 4 is 18.0 Å². The number of carbonyl (C=O) groups excluding carboxylic acids is 1. The van der Waals surface area contributed by atoms with Gasteiger partial charge in [0.15, 0.2) is 0 Å². The number of aldehydes is 1. The minimum atomic E-state index is 0.746. The van der Waals surface area contributed by atoms with Crippen molar-refractivity contribution in [3.63, 3.8) is 0 Å². The van der Waals surface area contributed by atoms with Crippen LogP contribution in [0.5, 0.6) is 0 Å². The minimum absolute atomic E-state index is 0.746. The fourth-order valence-corrected chi connectivity index (χ4v) is 2.66. The Hall–Kier alpha value is -1.55. The highest BCUT2D eigenvalue weighted by Crippen LogP contribution is 2.28. The third-order valence-electron chi connectivity index (χ3n) is 2.55. The Balaban J connectivity index is 2.27. The Morgan fingerprint density at radius 2 is 2.06 bits per heavy atom. The van der Waals surface area contributed by atoms with Crippen LogP contribution in [0.1, 0.15) is 21.6 Å². The zero-order valence-corrected chi connectivity index (χ0v) is 10.9. The topological polar surface area (TPSA) is 34.9 Å². The van der Waals surface area contributed by atoms with Crippen LogP contribution >= 0.6 is 11.8 Å². The number of rotatable bonds is 3. The maximum atomic E-state index is 10.7. The second-order valence-corrected chi connectivity index (χ2v) is 5.08. The lowest BCUT2D eigenvalue weighted by atomic mass is 10.1. The Morgan fingerprint density at radius 1 is 1.29 bits per heavy atom. The van der Waals surface area contributed by atoms with Crippen molar-refractivity contribution in [3.05, 3.63) is 41.1 Å². The van der Waals surface area contributed by atoms with Crippen LogP contribution in [-0.2, 0) is 7.05 Å². The maximum absolute atomic E-state index is 10.7. The average Bonchev–Trinajstić information content (AvgIpc) is 2.58. The summed E-state index contributed by atoms with van der Waals surface area (Å²) >= 11 is 1.65. The van der Waals surface area contributed by atoms with E-state index in [9.17, 15) is 4.79 Å². The van der Waals surface area contributed by atoms with Crippen molar-refractivity contribution in [3.8, 4) is 0 Å². The number of aryl methyl sites for hydroxylation is 3. The van der Waals surface area contributed by atoms with Gasteiger partial charge in [-0.25, -0.2) is 0 Å². The fourth-order valence-electron chi connectivity index (χ4n) is 1.65. The number of carbonyl (C=O) groups is 1. The summed E-state index contributed by atoms with van der Waals surface area (Å²) in [4.78, 5) is 11.9. The van der Waals surface area contributed by atoms with E-state index in [1.807, 2.05) is 49.8 Å². The van der Waals surface area contributed by atoms with Crippen LogP contribution in [0.2, 0.25) is 0 Å². The minimum Gasteiger partial charge on any atom is -0.298 e. The highest BCUT2D eigenvalue weighted by atomic mass is 32.2. The summed E-state index contributed by atoms with van der Waals surface area (Å²) in [7, 11) is 1.93.